The number of aromatic amines is 1. The molecule has 2 aromatic rings. The zero-order valence-electron chi connectivity index (χ0n) is 8.11. The predicted octanol–water partition coefficient (Wildman–Crippen LogP) is 1.56. The number of aromatic nitrogens is 5. The minimum Gasteiger partial charge on any atom is -0.367 e. The molecular weight excluding hydrogens is 251 g/mol. The summed E-state index contributed by atoms with van der Waals surface area (Å²) in [7, 11) is 0. The number of nitrogens with one attached hydrogen (secondary N) is 2. The van der Waals surface area contributed by atoms with E-state index in [2.05, 4.69) is 30.5 Å². The normalized spacial score (nSPS) is 10.4. The number of hydrogen-bond acceptors (Lipinski definition) is 5. The van der Waals surface area contributed by atoms with Gasteiger partial charge in [-0.1, -0.05) is 11.6 Å². The van der Waals surface area contributed by atoms with Crippen LogP contribution in [0.3, 0.4) is 0 Å². The first-order valence-electron chi connectivity index (χ1n) is 4.52. The third-order valence-corrected chi connectivity index (χ3v) is 2.28. The summed E-state index contributed by atoms with van der Waals surface area (Å²) in [5, 5.41) is 10.4. The fourth-order valence-electron chi connectivity index (χ4n) is 1.14. The lowest BCUT2D eigenvalue weighted by Crippen LogP contribution is -2.08. The third-order valence-electron chi connectivity index (χ3n) is 1.86. The summed E-state index contributed by atoms with van der Waals surface area (Å²) >= 11 is 11.4. The Morgan fingerprint density at radius 2 is 2.19 bits per heavy atom. The molecule has 2 heterocycles. The Hall–Kier alpha value is -1.40. The van der Waals surface area contributed by atoms with E-state index in [-0.39, 0.29) is 10.4 Å². The van der Waals surface area contributed by atoms with Gasteiger partial charge in [-0.25, -0.2) is 4.98 Å². The zero-order valence-corrected chi connectivity index (χ0v) is 9.63. The van der Waals surface area contributed by atoms with Gasteiger partial charge in [-0.15, -0.1) is 10.2 Å². The molecule has 2 aromatic heterocycles. The predicted molar refractivity (Wildman–Crippen MR) is 60.6 cm³/mol. The van der Waals surface area contributed by atoms with Crippen molar-refractivity contribution in [3.63, 3.8) is 0 Å². The standard InChI is InChI=1S/C8H8Cl2N6/c9-6-7(14-8(10)16-15-6)12-2-1-5-3-11-4-13-5/h3-4H,1-2H2,(H,11,13)(H,12,14,16). The summed E-state index contributed by atoms with van der Waals surface area (Å²) in [5.74, 6) is 0.432. The molecule has 0 saturated heterocycles. The molecule has 0 unspecified atom stereocenters. The van der Waals surface area contributed by atoms with Crippen molar-refractivity contribution < 1.29 is 0 Å². The number of nitrogens with zero attached hydrogens (tertiary/aromatic N) is 4. The van der Waals surface area contributed by atoms with Crippen LogP contribution >= 0.6 is 23.2 Å². The second-order valence-electron chi connectivity index (χ2n) is 2.97. The Balaban J connectivity index is 1.92. The van der Waals surface area contributed by atoms with E-state index in [1.807, 2.05) is 0 Å². The molecule has 84 valence electrons. The highest BCUT2D eigenvalue weighted by molar-refractivity contribution is 6.32. The Kier molecular flexibility index (Phi) is 3.53. The smallest absolute Gasteiger partial charge is 0.245 e. The molecule has 0 aromatic carbocycles. The fraction of sp³-hybridized carbons (Fsp3) is 0.250. The Bertz CT molecular complexity index is 458. The maximum atomic E-state index is 5.78. The molecule has 0 aliphatic carbocycles. The van der Waals surface area contributed by atoms with Crippen molar-refractivity contribution in [1.29, 1.82) is 0 Å². The maximum Gasteiger partial charge on any atom is 0.245 e. The molecule has 2 N–H and O–H groups in total. The third kappa shape index (κ3) is 2.80. The molecule has 8 heteroatoms. The lowest BCUT2D eigenvalue weighted by molar-refractivity contribution is 0.932. The van der Waals surface area contributed by atoms with Crippen molar-refractivity contribution in [3.8, 4) is 0 Å². The molecule has 0 spiro atoms. The van der Waals surface area contributed by atoms with Crippen molar-refractivity contribution in [2.45, 2.75) is 6.42 Å². The number of rotatable bonds is 4. The van der Waals surface area contributed by atoms with Crippen molar-refractivity contribution >= 4 is 29.0 Å². The van der Waals surface area contributed by atoms with Crippen molar-refractivity contribution in [1.82, 2.24) is 25.1 Å². The molecule has 0 atom stereocenters. The van der Waals surface area contributed by atoms with E-state index in [9.17, 15) is 0 Å². The first-order chi connectivity index (χ1) is 7.75. The highest BCUT2D eigenvalue weighted by Gasteiger charge is 2.05. The summed E-state index contributed by atoms with van der Waals surface area (Å²) in [6.45, 7) is 0.650. The van der Waals surface area contributed by atoms with E-state index < -0.39 is 0 Å². The quantitative estimate of drug-likeness (QED) is 0.870. The Labute approximate surface area is 101 Å². The SMILES string of the molecule is Clc1nnc(Cl)c(NCCc2cnc[nH]2)n1. The van der Waals surface area contributed by atoms with Gasteiger partial charge in [-0.05, 0) is 11.6 Å². The lowest BCUT2D eigenvalue weighted by atomic mass is 10.3. The number of H-pyrrole nitrogens is 1. The van der Waals surface area contributed by atoms with Crippen molar-refractivity contribution in [2.75, 3.05) is 11.9 Å². The number of hydrogen-bond donors (Lipinski definition) is 2. The van der Waals surface area contributed by atoms with Crippen LogP contribution in [0, 0.1) is 0 Å². The van der Waals surface area contributed by atoms with E-state index in [0.29, 0.717) is 12.4 Å². The maximum absolute atomic E-state index is 5.78. The fourth-order valence-corrected chi connectivity index (χ4v) is 1.41. The highest BCUT2D eigenvalue weighted by Crippen LogP contribution is 2.16. The molecule has 16 heavy (non-hydrogen) atoms. The van der Waals surface area contributed by atoms with Gasteiger partial charge in [0.05, 0.1) is 6.33 Å². The van der Waals surface area contributed by atoms with E-state index in [1.165, 1.54) is 0 Å². The lowest BCUT2D eigenvalue weighted by Gasteiger charge is -2.04. The summed E-state index contributed by atoms with van der Waals surface area (Å²) in [4.78, 5) is 10.8. The molecule has 2 rings (SSSR count). The molecule has 0 fully saturated rings. The van der Waals surface area contributed by atoms with E-state index in [0.717, 1.165) is 12.1 Å². The summed E-state index contributed by atoms with van der Waals surface area (Å²) in [5.41, 5.74) is 1.02. The second kappa shape index (κ2) is 5.09. The van der Waals surface area contributed by atoms with Gasteiger partial charge in [-0.2, -0.15) is 4.98 Å². The second-order valence-corrected chi connectivity index (χ2v) is 3.67. The zero-order chi connectivity index (χ0) is 11.4. The Morgan fingerprint density at radius 1 is 1.31 bits per heavy atom. The number of imidazole rings is 1. The summed E-state index contributed by atoms with van der Waals surface area (Å²) in [6, 6.07) is 0. The summed E-state index contributed by atoms with van der Waals surface area (Å²) in [6.07, 6.45) is 4.16. The van der Waals surface area contributed by atoms with Crippen LogP contribution < -0.4 is 5.32 Å². The van der Waals surface area contributed by atoms with Gasteiger partial charge in [0, 0.05) is 24.9 Å². The van der Waals surface area contributed by atoms with Gasteiger partial charge in [0.25, 0.3) is 0 Å². The van der Waals surface area contributed by atoms with E-state index in [4.69, 9.17) is 23.2 Å². The molecule has 0 bridgehead atoms. The molecule has 0 aliphatic rings. The van der Waals surface area contributed by atoms with Crippen LogP contribution in [0.1, 0.15) is 5.69 Å². The van der Waals surface area contributed by atoms with Gasteiger partial charge in [0.15, 0.2) is 11.0 Å². The van der Waals surface area contributed by atoms with Crippen molar-refractivity contribution in [2.24, 2.45) is 0 Å². The van der Waals surface area contributed by atoms with Gasteiger partial charge >= 0.3 is 0 Å². The summed E-state index contributed by atoms with van der Waals surface area (Å²) < 4.78 is 0. The Morgan fingerprint density at radius 3 is 2.94 bits per heavy atom. The first-order valence-corrected chi connectivity index (χ1v) is 5.28. The number of halogens is 2. The van der Waals surface area contributed by atoms with Gasteiger partial charge in [0.2, 0.25) is 5.28 Å². The van der Waals surface area contributed by atoms with Crippen LogP contribution in [0.15, 0.2) is 12.5 Å². The minimum absolute atomic E-state index is 0.0634. The monoisotopic (exact) mass is 258 g/mol. The average molecular weight is 259 g/mol. The van der Waals surface area contributed by atoms with Crippen LogP contribution in [0.4, 0.5) is 5.82 Å². The van der Waals surface area contributed by atoms with Crippen LogP contribution in [-0.4, -0.2) is 31.7 Å². The molecule has 0 aliphatic heterocycles. The molecule has 0 saturated carbocycles. The molecule has 6 nitrogen and oxygen atoms in total. The van der Waals surface area contributed by atoms with Crippen LogP contribution in [0.25, 0.3) is 0 Å². The van der Waals surface area contributed by atoms with Crippen molar-refractivity contribution in [3.05, 3.63) is 28.7 Å². The van der Waals surface area contributed by atoms with Crippen LogP contribution in [0.5, 0.6) is 0 Å². The number of anilines is 1. The first kappa shape index (κ1) is 11.1. The molecule has 0 radical (unpaired) electrons. The highest BCUT2D eigenvalue weighted by atomic mass is 35.5. The van der Waals surface area contributed by atoms with Gasteiger partial charge in [0.1, 0.15) is 0 Å². The largest absolute Gasteiger partial charge is 0.367 e. The molecule has 0 amide bonds. The van der Waals surface area contributed by atoms with Gasteiger partial charge < -0.3 is 10.3 Å². The minimum atomic E-state index is 0.0634. The van der Waals surface area contributed by atoms with E-state index in [1.54, 1.807) is 12.5 Å². The van der Waals surface area contributed by atoms with E-state index >= 15 is 0 Å². The van der Waals surface area contributed by atoms with Gasteiger partial charge in [-0.3, -0.25) is 0 Å². The average Bonchev–Trinajstić information content (AvgIpc) is 2.76. The topological polar surface area (TPSA) is 79.4 Å². The van der Waals surface area contributed by atoms with Crippen LogP contribution in [0.2, 0.25) is 10.4 Å². The molecular formula is C8H8Cl2N6. The van der Waals surface area contributed by atoms with Crippen LogP contribution in [-0.2, 0) is 6.42 Å².